The van der Waals surface area contributed by atoms with Crippen LogP contribution in [0, 0.1) is 5.92 Å². The van der Waals surface area contributed by atoms with Crippen molar-refractivity contribution in [3.05, 3.63) is 35.9 Å². The normalized spacial score (nSPS) is 20.0. The zero-order valence-electron chi connectivity index (χ0n) is 17.1. The lowest BCUT2D eigenvalue weighted by atomic mass is 10.0. The van der Waals surface area contributed by atoms with E-state index in [1.165, 1.54) is 0 Å². The average molecular weight is 402 g/mol. The first-order valence-electron chi connectivity index (χ1n) is 10.6. The Morgan fingerprint density at radius 1 is 1.17 bits per heavy atom. The first-order chi connectivity index (χ1) is 14.1. The fourth-order valence-corrected chi connectivity index (χ4v) is 3.82. The molecule has 0 aliphatic carbocycles. The molecule has 1 aromatic carbocycles. The van der Waals surface area contributed by atoms with Crippen molar-refractivity contribution in [2.24, 2.45) is 5.92 Å². The van der Waals surface area contributed by atoms with E-state index in [-0.39, 0.29) is 36.3 Å². The third-order valence-electron chi connectivity index (χ3n) is 5.62. The number of rotatable bonds is 7. The molecule has 2 saturated heterocycles. The summed E-state index contributed by atoms with van der Waals surface area (Å²) in [5.74, 6) is -0.334. The van der Waals surface area contributed by atoms with Crippen LogP contribution in [0.1, 0.15) is 44.6 Å². The number of piperidine rings is 1. The van der Waals surface area contributed by atoms with Crippen molar-refractivity contribution >= 4 is 17.9 Å². The average Bonchev–Trinajstić information content (AvgIpc) is 3.10. The van der Waals surface area contributed by atoms with Gasteiger partial charge in [-0.3, -0.25) is 9.59 Å². The number of likely N-dealkylation sites (tertiary alicyclic amines) is 2. The van der Waals surface area contributed by atoms with Crippen LogP contribution in [0.25, 0.3) is 0 Å². The predicted molar refractivity (Wildman–Crippen MR) is 109 cm³/mol. The van der Waals surface area contributed by atoms with Crippen molar-refractivity contribution in [1.29, 1.82) is 0 Å². The number of carbonyl (C=O) groups excluding carboxylic acids is 3. The first-order valence-corrected chi connectivity index (χ1v) is 10.6. The molecule has 2 heterocycles. The molecule has 0 bridgehead atoms. The second-order valence-corrected chi connectivity index (χ2v) is 7.90. The highest BCUT2D eigenvalue weighted by molar-refractivity contribution is 5.89. The minimum atomic E-state index is -0.303. The van der Waals surface area contributed by atoms with E-state index in [0.29, 0.717) is 45.6 Å². The highest BCUT2D eigenvalue weighted by Gasteiger charge is 2.35. The van der Waals surface area contributed by atoms with Gasteiger partial charge >= 0.3 is 6.09 Å². The Morgan fingerprint density at radius 3 is 2.59 bits per heavy atom. The van der Waals surface area contributed by atoms with Crippen LogP contribution in [0.2, 0.25) is 0 Å². The van der Waals surface area contributed by atoms with E-state index in [0.717, 1.165) is 18.4 Å². The summed E-state index contributed by atoms with van der Waals surface area (Å²) in [5.41, 5.74) is 1.07. The number of nitrogens with one attached hydrogen (secondary N) is 1. The Balaban J connectivity index is 1.41. The van der Waals surface area contributed by atoms with Gasteiger partial charge in [-0.2, -0.15) is 0 Å². The van der Waals surface area contributed by atoms with E-state index in [1.807, 2.05) is 30.3 Å². The highest BCUT2D eigenvalue weighted by Crippen LogP contribution is 2.21. The van der Waals surface area contributed by atoms with Crippen LogP contribution in [0.3, 0.4) is 0 Å². The molecule has 29 heavy (non-hydrogen) atoms. The number of ether oxygens (including phenoxy) is 1. The van der Waals surface area contributed by atoms with Gasteiger partial charge in [0.1, 0.15) is 0 Å². The topological polar surface area (TPSA) is 79.0 Å². The summed E-state index contributed by atoms with van der Waals surface area (Å²) in [6.45, 7) is 4.69. The molecule has 0 radical (unpaired) electrons. The molecule has 0 aromatic heterocycles. The number of benzene rings is 1. The van der Waals surface area contributed by atoms with Crippen molar-refractivity contribution in [2.75, 3.05) is 26.2 Å². The molecule has 3 amide bonds. The molecule has 0 spiro atoms. The second-order valence-electron chi connectivity index (χ2n) is 7.90. The van der Waals surface area contributed by atoms with E-state index in [2.05, 4.69) is 12.2 Å². The Kier molecular flexibility index (Phi) is 7.49. The van der Waals surface area contributed by atoms with Gasteiger partial charge in [-0.05, 0) is 24.8 Å². The van der Waals surface area contributed by atoms with Crippen LogP contribution in [0.15, 0.2) is 30.3 Å². The zero-order valence-corrected chi connectivity index (χ0v) is 17.1. The van der Waals surface area contributed by atoms with Crippen LogP contribution in [-0.2, 0) is 20.9 Å². The molecule has 1 atom stereocenters. The molecule has 1 aromatic rings. The molecule has 2 aliphatic heterocycles. The quantitative estimate of drug-likeness (QED) is 0.712. The minimum Gasteiger partial charge on any atom is -0.449 e. The van der Waals surface area contributed by atoms with Crippen molar-refractivity contribution in [3.63, 3.8) is 0 Å². The number of hydrogen-bond acceptors (Lipinski definition) is 4. The Morgan fingerprint density at radius 2 is 1.90 bits per heavy atom. The summed E-state index contributed by atoms with van der Waals surface area (Å²) in [6.07, 6.45) is 3.29. The van der Waals surface area contributed by atoms with Gasteiger partial charge < -0.3 is 19.9 Å². The maximum Gasteiger partial charge on any atom is 0.409 e. The lowest BCUT2D eigenvalue weighted by molar-refractivity contribution is -0.129. The van der Waals surface area contributed by atoms with Gasteiger partial charge in [-0.25, -0.2) is 4.79 Å². The van der Waals surface area contributed by atoms with Crippen molar-refractivity contribution in [3.8, 4) is 0 Å². The fraction of sp³-hybridized carbons (Fsp3) is 0.591. The van der Waals surface area contributed by atoms with Gasteiger partial charge in [0, 0.05) is 38.6 Å². The van der Waals surface area contributed by atoms with Gasteiger partial charge in [0.25, 0.3) is 0 Å². The maximum atomic E-state index is 12.7. The fourth-order valence-electron chi connectivity index (χ4n) is 3.82. The lowest BCUT2D eigenvalue weighted by Crippen LogP contribution is -2.48. The molecule has 1 N–H and O–H groups in total. The Hall–Kier alpha value is -2.57. The van der Waals surface area contributed by atoms with Gasteiger partial charge in [-0.15, -0.1) is 0 Å². The molecular weight excluding hydrogens is 370 g/mol. The number of unbranched alkanes of at least 4 members (excludes halogenated alkanes) is 1. The highest BCUT2D eigenvalue weighted by atomic mass is 16.6. The number of carbonyl (C=O) groups is 3. The van der Waals surface area contributed by atoms with Gasteiger partial charge in [0.2, 0.25) is 11.8 Å². The molecule has 1 unspecified atom stereocenters. The van der Waals surface area contributed by atoms with Crippen molar-refractivity contribution in [2.45, 2.75) is 51.6 Å². The van der Waals surface area contributed by atoms with Crippen LogP contribution in [0.4, 0.5) is 4.79 Å². The molecule has 2 fully saturated rings. The number of amides is 3. The van der Waals surface area contributed by atoms with Crippen LogP contribution in [-0.4, -0.2) is 60.0 Å². The second kappa shape index (κ2) is 10.3. The molecule has 7 heteroatoms. The molecule has 0 saturated carbocycles. The van der Waals surface area contributed by atoms with Gasteiger partial charge in [-0.1, -0.05) is 43.7 Å². The van der Waals surface area contributed by atoms with E-state index >= 15 is 0 Å². The smallest absolute Gasteiger partial charge is 0.409 e. The van der Waals surface area contributed by atoms with Crippen LogP contribution in [0.5, 0.6) is 0 Å². The lowest BCUT2D eigenvalue weighted by Gasteiger charge is -2.32. The van der Waals surface area contributed by atoms with Crippen LogP contribution >= 0.6 is 0 Å². The monoisotopic (exact) mass is 401 g/mol. The van der Waals surface area contributed by atoms with Crippen molar-refractivity contribution < 1.29 is 19.1 Å². The van der Waals surface area contributed by atoms with E-state index < -0.39 is 0 Å². The SMILES string of the molecule is CCCCOC(=O)N1CCC(NC(=O)C2CC(=O)N(Cc3ccccc3)C2)CC1. The molecular formula is C22H31N3O4. The first kappa shape index (κ1) is 21.1. The summed E-state index contributed by atoms with van der Waals surface area (Å²) in [6, 6.07) is 9.86. The molecule has 7 nitrogen and oxygen atoms in total. The maximum absolute atomic E-state index is 12.7. The third kappa shape index (κ3) is 5.95. The van der Waals surface area contributed by atoms with Gasteiger partial charge in [0.15, 0.2) is 0 Å². The summed E-state index contributed by atoms with van der Waals surface area (Å²) >= 11 is 0. The summed E-state index contributed by atoms with van der Waals surface area (Å²) < 4.78 is 5.25. The number of nitrogens with zero attached hydrogens (tertiary/aromatic N) is 2. The molecule has 3 rings (SSSR count). The van der Waals surface area contributed by atoms with Gasteiger partial charge in [0.05, 0.1) is 12.5 Å². The summed E-state index contributed by atoms with van der Waals surface area (Å²) in [4.78, 5) is 40.4. The number of hydrogen-bond donors (Lipinski definition) is 1. The Labute approximate surface area is 172 Å². The summed E-state index contributed by atoms with van der Waals surface area (Å²) in [7, 11) is 0. The van der Waals surface area contributed by atoms with Crippen LogP contribution < -0.4 is 5.32 Å². The van der Waals surface area contributed by atoms with E-state index in [9.17, 15) is 14.4 Å². The minimum absolute atomic E-state index is 0.0265. The van der Waals surface area contributed by atoms with E-state index in [4.69, 9.17) is 4.74 Å². The predicted octanol–water partition coefficient (Wildman–Crippen LogP) is 2.55. The van der Waals surface area contributed by atoms with E-state index in [1.54, 1.807) is 9.80 Å². The summed E-state index contributed by atoms with van der Waals surface area (Å²) in [5, 5.41) is 3.08. The largest absolute Gasteiger partial charge is 0.449 e. The molecule has 2 aliphatic rings. The van der Waals surface area contributed by atoms with Crippen molar-refractivity contribution in [1.82, 2.24) is 15.1 Å². The zero-order chi connectivity index (χ0) is 20.6. The molecule has 158 valence electrons. The Bertz CT molecular complexity index is 701. The standard InChI is InChI=1S/C22H31N3O4/c1-2-3-13-29-22(28)24-11-9-19(10-12-24)23-21(27)18-14-20(26)25(16-18)15-17-7-5-4-6-8-17/h4-8,18-19H,2-3,9-16H2,1H3,(H,23,27). The third-order valence-corrected chi connectivity index (χ3v) is 5.62.